The molecule has 1 aromatic carbocycles. The number of rotatable bonds is 5. The topological polar surface area (TPSA) is 85.5 Å². The quantitative estimate of drug-likeness (QED) is 0.842. The highest BCUT2D eigenvalue weighted by Crippen LogP contribution is 2.24. The molecule has 0 aliphatic heterocycles. The van der Waals surface area contributed by atoms with E-state index in [-0.39, 0.29) is 11.5 Å². The van der Waals surface area contributed by atoms with Crippen LogP contribution in [0.25, 0.3) is 11.6 Å². The molecule has 0 saturated heterocycles. The number of aromatic nitrogens is 2. The van der Waals surface area contributed by atoms with Crippen LogP contribution >= 0.6 is 0 Å². The van der Waals surface area contributed by atoms with Crippen molar-refractivity contribution in [1.29, 1.82) is 0 Å². The summed E-state index contributed by atoms with van der Waals surface area (Å²) in [6.07, 6.45) is 1.46. The molecule has 0 unspecified atom stereocenters. The predicted molar refractivity (Wildman–Crippen MR) is 72.2 cm³/mol. The number of benzene rings is 1. The van der Waals surface area contributed by atoms with Crippen LogP contribution in [0, 0.1) is 6.92 Å². The minimum atomic E-state index is -1.14. The first kappa shape index (κ1) is 13.8. The summed E-state index contributed by atoms with van der Waals surface area (Å²) in [7, 11) is 0. The third-order valence-corrected chi connectivity index (χ3v) is 2.51. The molecule has 0 atom stereocenters. The molecule has 0 bridgehead atoms. The molecular formula is C14H14N2O4. The van der Waals surface area contributed by atoms with Crippen molar-refractivity contribution in [3.63, 3.8) is 0 Å². The maximum Gasteiger partial charge on any atom is 0.341 e. The monoisotopic (exact) mass is 274 g/mol. The molecule has 2 rings (SSSR count). The Morgan fingerprint density at radius 2 is 2.15 bits per heavy atom. The Bertz CT molecular complexity index is 646. The second-order valence-electron chi connectivity index (χ2n) is 3.96. The van der Waals surface area contributed by atoms with Gasteiger partial charge in [0.25, 0.3) is 5.89 Å². The van der Waals surface area contributed by atoms with Crippen LogP contribution in [-0.4, -0.2) is 27.9 Å². The van der Waals surface area contributed by atoms with Crippen LogP contribution in [0.3, 0.4) is 0 Å². The molecule has 1 heterocycles. The fraction of sp³-hybridized carbons (Fsp3) is 0.214. The Labute approximate surface area is 115 Å². The Balaban J connectivity index is 2.47. The Morgan fingerprint density at radius 1 is 1.40 bits per heavy atom. The van der Waals surface area contributed by atoms with Gasteiger partial charge in [0, 0.05) is 12.5 Å². The first-order chi connectivity index (χ1) is 9.61. The normalized spacial score (nSPS) is 11.4. The highest BCUT2D eigenvalue weighted by molar-refractivity contribution is 6.19. The fourth-order valence-corrected chi connectivity index (χ4v) is 1.66. The van der Waals surface area contributed by atoms with Gasteiger partial charge in [-0.05, 0) is 19.1 Å². The minimum Gasteiger partial charge on any atom is -0.493 e. The number of carboxylic acids is 1. The number of nitrogens with zero attached hydrogens (tertiary/aromatic N) is 2. The molecule has 1 aromatic heterocycles. The summed E-state index contributed by atoms with van der Waals surface area (Å²) in [6.45, 7) is 3.96. The number of ether oxygens (including phenoxy) is 1. The van der Waals surface area contributed by atoms with Gasteiger partial charge in [0.1, 0.15) is 11.3 Å². The standard InChI is InChI=1S/C14H14N2O4/c1-3-19-12-7-5-4-6-10(12)8-11(14(17)18)13-16-15-9(2)20-13/h4-8H,3H2,1-2H3,(H,17,18)/b11-8-. The zero-order chi connectivity index (χ0) is 14.5. The first-order valence-corrected chi connectivity index (χ1v) is 6.09. The van der Waals surface area contributed by atoms with Gasteiger partial charge in [0.05, 0.1) is 6.61 Å². The molecular weight excluding hydrogens is 260 g/mol. The lowest BCUT2D eigenvalue weighted by Crippen LogP contribution is -2.01. The average molecular weight is 274 g/mol. The maximum atomic E-state index is 11.3. The van der Waals surface area contributed by atoms with Crippen LogP contribution in [0.2, 0.25) is 0 Å². The van der Waals surface area contributed by atoms with E-state index in [4.69, 9.17) is 9.15 Å². The van der Waals surface area contributed by atoms with Crippen molar-refractivity contribution >= 4 is 17.6 Å². The summed E-state index contributed by atoms with van der Waals surface area (Å²) in [5.41, 5.74) is 0.570. The summed E-state index contributed by atoms with van der Waals surface area (Å²) in [4.78, 5) is 11.3. The van der Waals surface area contributed by atoms with Crippen molar-refractivity contribution < 1.29 is 19.1 Å². The lowest BCUT2D eigenvalue weighted by molar-refractivity contribution is -0.130. The number of carboxylic acid groups (broad SMARTS) is 1. The van der Waals surface area contributed by atoms with Crippen LogP contribution < -0.4 is 4.74 Å². The number of aryl methyl sites for hydroxylation is 1. The van der Waals surface area contributed by atoms with Gasteiger partial charge < -0.3 is 14.3 Å². The average Bonchev–Trinajstić information content (AvgIpc) is 2.84. The fourth-order valence-electron chi connectivity index (χ4n) is 1.66. The molecule has 6 heteroatoms. The van der Waals surface area contributed by atoms with E-state index in [0.29, 0.717) is 23.8 Å². The molecule has 2 aromatic rings. The summed E-state index contributed by atoms with van der Waals surface area (Å²) in [6, 6.07) is 7.15. The lowest BCUT2D eigenvalue weighted by Gasteiger charge is -2.07. The van der Waals surface area contributed by atoms with Gasteiger partial charge in [0.15, 0.2) is 0 Å². The Kier molecular flexibility index (Phi) is 4.14. The van der Waals surface area contributed by atoms with Crippen molar-refractivity contribution in [2.75, 3.05) is 6.61 Å². The van der Waals surface area contributed by atoms with Gasteiger partial charge in [-0.25, -0.2) is 4.79 Å². The van der Waals surface area contributed by atoms with E-state index >= 15 is 0 Å². The number of aliphatic carboxylic acids is 1. The summed E-state index contributed by atoms with van der Waals surface area (Å²) < 4.78 is 10.6. The maximum absolute atomic E-state index is 11.3. The Morgan fingerprint density at radius 3 is 2.75 bits per heavy atom. The smallest absolute Gasteiger partial charge is 0.341 e. The molecule has 0 amide bonds. The van der Waals surface area contributed by atoms with Crippen LogP contribution in [-0.2, 0) is 4.79 Å². The summed E-state index contributed by atoms with van der Waals surface area (Å²) >= 11 is 0. The number of carbonyl (C=O) groups is 1. The van der Waals surface area contributed by atoms with Crippen molar-refractivity contribution in [3.8, 4) is 5.75 Å². The molecule has 0 radical (unpaired) electrons. The third-order valence-electron chi connectivity index (χ3n) is 2.51. The number of para-hydroxylation sites is 1. The van der Waals surface area contributed by atoms with Crippen molar-refractivity contribution in [3.05, 3.63) is 41.6 Å². The third kappa shape index (κ3) is 3.03. The summed E-state index contributed by atoms with van der Waals surface area (Å²) in [5.74, 6) is -0.253. The van der Waals surface area contributed by atoms with Crippen LogP contribution in [0.15, 0.2) is 28.7 Å². The zero-order valence-corrected chi connectivity index (χ0v) is 11.2. The van der Waals surface area contributed by atoms with Crippen LogP contribution in [0.4, 0.5) is 0 Å². The number of hydrogen-bond donors (Lipinski definition) is 1. The second-order valence-corrected chi connectivity index (χ2v) is 3.96. The van der Waals surface area contributed by atoms with E-state index in [0.717, 1.165) is 0 Å². The molecule has 0 aliphatic carbocycles. The van der Waals surface area contributed by atoms with Crippen LogP contribution in [0.5, 0.6) is 5.75 Å². The minimum absolute atomic E-state index is 0.0266. The highest BCUT2D eigenvalue weighted by Gasteiger charge is 2.17. The molecule has 0 saturated carbocycles. The lowest BCUT2D eigenvalue weighted by atomic mass is 10.1. The molecule has 6 nitrogen and oxygen atoms in total. The molecule has 0 aliphatic rings. The predicted octanol–water partition coefficient (Wildman–Crippen LogP) is 2.40. The first-order valence-electron chi connectivity index (χ1n) is 6.09. The van der Waals surface area contributed by atoms with Crippen molar-refractivity contribution in [2.45, 2.75) is 13.8 Å². The van der Waals surface area contributed by atoms with E-state index in [9.17, 15) is 9.90 Å². The van der Waals surface area contributed by atoms with E-state index in [1.165, 1.54) is 6.08 Å². The van der Waals surface area contributed by atoms with Gasteiger partial charge in [0.2, 0.25) is 5.89 Å². The zero-order valence-electron chi connectivity index (χ0n) is 11.2. The SMILES string of the molecule is CCOc1ccccc1/C=C(\C(=O)O)c1nnc(C)o1. The van der Waals surface area contributed by atoms with Gasteiger partial charge in [-0.15, -0.1) is 10.2 Å². The molecule has 0 spiro atoms. The van der Waals surface area contributed by atoms with E-state index < -0.39 is 5.97 Å². The molecule has 104 valence electrons. The molecule has 1 N–H and O–H groups in total. The number of hydrogen-bond acceptors (Lipinski definition) is 5. The largest absolute Gasteiger partial charge is 0.493 e. The molecule has 20 heavy (non-hydrogen) atoms. The second kappa shape index (κ2) is 6.01. The van der Waals surface area contributed by atoms with Gasteiger partial charge >= 0.3 is 5.97 Å². The summed E-state index contributed by atoms with van der Waals surface area (Å²) in [5, 5.41) is 16.7. The van der Waals surface area contributed by atoms with E-state index in [1.54, 1.807) is 25.1 Å². The van der Waals surface area contributed by atoms with Gasteiger partial charge in [-0.2, -0.15) is 0 Å². The van der Waals surface area contributed by atoms with Gasteiger partial charge in [-0.1, -0.05) is 18.2 Å². The highest BCUT2D eigenvalue weighted by atomic mass is 16.5. The van der Waals surface area contributed by atoms with Crippen molar-refractivity contribution in [2.24, 2.45) is 0 Å². The van der Waals surface area contributed by atoms with Crippen molar-refractivity contribution in [1.82, 2.24) is 10.2 Å². The van der Waals surface area contributed by atoms with E-state index in [2.05, 4.69) is 10.2 Å². The van der Waals surface area contributed by atoms with Crippen LogP contribution in [0.1, 0.15) is 24.3 Å². The van der Waals surface area contributed by atoms with E-state index in [1.807, 2.05) is 13.0 Å². The Hall–Kier alpha value is -2.63. The van der Waals surface area contributed by atoms with Gasteiger partial charge in [-0.3, -0.25) is 0 Å². The molecule has 0 fully saturated rings.